The summed E-state index contributed by atoms with van der Waals surface area (Å²) >= 11 is 0. The van der Waals surface area contributed by atoms with Gasteiger partial charge in [0.1, 0.15) is 11.8 Å². The summed E-state index contributed by atoms with van der Waals surface area (Å²) in [5.41, 5.74) is 2.85. The number of hydrogen-bond acceptors (Lipinski definition) is 4. The van der Waals surface area contributed by atoms with Crippen molar-refractivity contribution < 1.29 is 14.3 Å². The van der Waals surface area contributed by atoms with Crippen molar-refractivity contribution in [2.75, 3.05) is 6.54 Å². The number of likely N-dealkylation sites (tertiary alicyclic amines) is 1. The minimum atomic E-state index is -0.387. The lowest BCUT2D eigenvalue weighted by molar-refractivity contribution is -0.136. The van der Waals surface area contributed by atoms with Gasteiger partial charge in [0.15, 0.2) is 0 Å². The molecule has 1 aromatic carbocycles. The molecule has 1 atom stereocenters. The van der Waals surface area contributed by atoms with Gasteiger partial charge in [-0.1, -0.05) is 24.3 Å². The molecule has 27 heavy (non-hydrogen) atoms. The second-order valence-corrected chi connectivity index (χ2v) is 6.88. The number of amides is 2. The lowest BCUT2D eigenvalue weighted by Gasteiger charge is -2.22. The van der Waals surface area contributed by atoms with Crippen molar-refractivity contribution >= 4 is 11.8 Å². The summed E-state index contributed by atoms with van der Waals surface area (Å²) in [4.78, 5) is 30.2. The van der Waals surface area contributed by atoms with Crippen LogP contribution in [-0.2, 0) is 16.1 Å². The second kappa shape index (κ2) is 8.20. The van der Waals surface area contributed by atoms with Crippen molar-refractivity contribution in [2.24, 2.45) is 0 Å². The van der Waals surface area contributed by atoms with Gasteiger partial charge in [0.05, 0.1) is 0 Å². The van der Waals surface area contributed by atoms with Gasteiger partial charge < -0.3 is 15.0 Å². The first-order valence-electron chi connectivity index (χ1n) is 9.20. The van der Waals surface area contributed by atoms with Gasteiger partial charge in [-0.2, -0.15) is 0 Å². The Morgan fingerprint density at radius 2 is 1.96 bits per heavy atom. The van der Waals surface area contributed by atoms with Gasteiger partial charge in [-0.15, -0.1) is 0 Å². The predicted octanol–water partition coefficient (Wildman–Crippen LogP) is 3.12. The van der Waals surface area contributed by atoms with Crippen molar-refractivity contribution in [1.82, 2.24) is 15.2 Å². The van der Waals surface area contributed by atoms with E-state index < -0.39 is 0 Å². The molecule has 1 saturated heterocycles. The molecule has 2 heterocycles. The molecule has 2 aromatic rings. The highest BCUT2D eigenvalue weighted by molar-refractivity contribution is 5.87. The summed E-state index contributed by atoms with van der Waals surface area (Å²) in [5, 5.41) is 2.93. The van der Waals surface area contributed by atoms with E-state index in [9.17, 15) is 9.59 Å². The Kier molecular flexibility index (Phi) is 5.74. The van der Waals surface area contributed by atoms with Crippen LogP contribution in [0.15, 0.2) is 36.5 Å². The van der Waals surface area contributed by atoms with Gasteiger partial charge in [0.25, 0.3) is 0 Å². The summed E-state index contributed by atoms with van der Waals surface area (Å²) in [7, 11) is 0. The molecule has 0 bridgehead atoms. The van der Waals surface area contributed by atoms with Crippen LogP contribution in [0.4, 0.5) is 0 Å². The third-order valence-corrected chi connectivity index (χ3v) is 4.87. The Bertz CT molecular complexity index is 830. The molecule has 1 N–H and O–H groups in total. The Morgan fingerprint density at radius 1 is 1.22 bits per heavy atom. The smallest absolute Gasteiger partial charge is 0.243 e. The van der Waals surface area contributed by atoms with Crippen LogP contribution >= 0.6 is 0 Å². The third-order valence-electron chi connectivity index (χ3n) is 4.87. The fourth-order valence-corrected chi connectivity index (χ4v) is 3.42. The number of benzene rings is 1. The SMILES string of the molecule is CC(=O)N1CCC[C@H]1C(=O)NCc1cccnc1Oc1c(C)cccc1C. The first-order chi connectivity index (χ1) is 13.0. The molecule has 0 spiro atoms. The zero-order valence-corrected chi connectivity index (χ0v) is 16.0. The molecule has 0 aliphatic carbocycles. The molecule has 0 radical (unpaired) electrons. The van der Waals surface area contributed by atoms with Crippen LogP contribution in [0, 0.1) is 13.8 Å². The van der Waals surface area contributed by atoms with E-state index in [0.29, 0.717) is 25.4 Å². The normalized spacial score (nSPS) is 16.3. The van der Waals surface area contributed by atoms with Crippen molar-refractivity contribution in [2.45, 2.75) is 46.2 Å². The number of hydrogen-bond donors (Lipinski definition) is 1. The molecule has 0 saturated carbocycles. The fourth-order valence-electron chi connectivity index (χ4n) is 3.42. The lowest BCUT2D eigenvalue weighted by atomic mass is 10.1. The highest BCUT2D eigenvalue weighted by atomic mass is 16.5. The lowest BCUT2D eigenvalue weighted by Crippen LogP contribution is -2.44. The van der Waals surface area contributed by atoms with E-state index in [4.69, 9.17) is 4.74 Å². The first-order valence-corrected chi connectivity index (χ1v) is 9.20. The molecule has 1 aliphatic rings. The molecule has 0 unspecified atom stereocenters. The first kappa shape index (κ1) is 18.9. The summed E-state index contributed by atoms with van der Waals surface area (Å²) in [6.07, 6.45) is 3.22. The number of rotatable bonds is 5. The average Bonchev–Trinajstić information content (AvgIpc) is 3.14. The zero-order chi connectivity index (χ0) is 19.4. The second-order valence-electron chi connectivity index (χ2n) is 6.88. The van der Waals surface area contributed by atoms with E-state index in [1.807, 2.05) is 44.2 Å². The number of para-hydroxylation sites is 1. The molecule has 3 rings (SSSR count). The van der Waals surface area contributed by atoms with Gasteiger partial charge in [0.2, 0.25) is 17.7 Å². The molecule has 1 fully saturated rings. The van der Waals surface area contributed by atoms with E-state index in [0.717, 1.165) is 28.9 Å². The Labute approximate surface area is 159 Å². The highest BCUT2D eigenvalue weighted by Crippen LogP contribution is 2.29. The number of nitrogens with zero attached hydrogens (tertiary/aromatic N) is 2. The standard InChI is InChI=1S/C21H25N3O3/c1-14-7-4-8-15(2)19(14)27-21-17(9-5-11-22-21)13-23-20(26)18-10-6-12-24(18)16(3)25/h4-5,7-9,11,18H,6,10,12-13H2,1-3H3,(H,23,26)/t18-/m0/s1. The quantitative estimate of drug-likeness (QED) is 0.881. The van der Waals surface area contributed by atoms with Gasteiger partial charge >= 0.3 is 0 Å². The van der Waals surface area contributed by atoms with Crippen molar-refractivity contribution in [3.05, 3.63) is 53.2 Å². The molecule has 6 nitrogen and oxygen atoms in total. The van der Waals surface area contributed by atoms with Crippen LogP contribution < -0.4 is 10.1 Å². The summed E-state index contributed by atoms with van der Waals surface area (Å²) in [6, 6.07) is 9.28. The third kappa shape index (κ3) is 4.27. The minimum Gasteiger partial charge on any atom is -0.438 e. The van der Waals surface area contributed by atoms with Crippen LogP contribution in [-0.4, -0.2) is 34.3 Å². The van der Waals surface area contributed by atoms with E-state index >= 15 is 0 Å². The minimum absolute atomic E-state index is 0.0620. The van der Waals surface area contributed by atoms with Gasteiger partial charge in [-0.25, -0.2) is 4.98 Å². The highest BCUT2D eigenvalue weighted by Gasteiger charge is 2.32. The number of nitrogens with one attached hydrogen (secondary N) is 1. The largest absolute Gasteiger partial charge is 0.438 e. The van der Waals surface area contributed by atoms with Gasteiger partial charge in [0, 0.05) is 31.8 Å². The van der Waals surface area contributed by atoms with E-state index in [-0.39, 0.29) is 17.9 Å². The van der Waals surface area contributed by atoms with Gasteiger partial charge in [-0.3, -0.25) is 9.59 Å². The van der Waals surface area contributed by atoms with Crippen LogP contribution in [0.3, 0.4) is 0 Å². The number of pyridine rings is 1. The summed E-state index contributed by atoms with van der Waals surface area (Å²) < 4.78 is 6.06. The number of ether oxygens (including phenoxy) is 1. The molecular weight excluding hydrogens is 342 g/mol. The van der Waals surface area contributed by atoms with Crippen LogP contribution in [0.1, 0.15) is 36.5 Å². The Hall–Kier alpha value is -2.89. The average molecular weight is 367 g/mol. The van der Waals surface area contributed by atoms with Crippen molar-refractivity contribution in [3.63, 3.8) is 0 Å². The number of aromatic nitrogens is 1. The van der Waals surface area contributed by atoms with Crippen molar-refractivity contribution in [3.8, 4) is 11.6 Å². The Balaban J connectivity index is 1.71. The van der Waals surface area contributed by atoms with Crippen LogP contribution in [0.2, 0.25) is 0 Å². The maximum Gasteiger partial charge on any atom is 0.243 e. The summed E-state index contributed by atoms with van der Waals surface area (Å²) in [6.45, 7) is 6.42. The summed E-state index contributed by atoms with van der Waals surface area (Å²) in [5.74, 6) is 1.06. The Morgan fingerprint density at radius 3 is 2.67 bits per heavy atom. The topological polar surface area (TPSA) is 71.5 Å². The van der Waals surface area contributed by atoms with E-state index in [1.165, 1.54) is 6.92 Å². The monoisotopic (exact) mass is 367 g/mol. The molecular formula is C21H25N3O3. The maximum absolute atomic E-state index is 12.5. The zero-order valence-electron chi connectivity index (χ0n) is 16.0. The van der Waals surface area contributed by atoms with E-state index in [1.54, 1.807) is 11.1 Å². The van der Waals surface area contributed by atoms with Crippen LogP contribution in [0.5, 0.6) is 11.6 Å². The van der Waals surface area contributed by atoms with Crippen LogP contribution in [0.25, 0.3) is 0 Å². The number of carbonyl (C=O) groups excluding carboxylic acids is 2. The predicted molar refractivity (Wildman–Crippen MR) is 102 cm³/mol. The molecule has 1 aliphatic heterocycles. The van der Waals surface area contributed by atoms with Crippen molar-refractivity contribution in [1.29, 1.82) is 0 Å². The fraction of sp³-hybridized carbons (Fsp3) is 0.381. The maximum atomic E-state index is 12.5. The molecule has 142 valence electrons. The van der Waals surface area contributed by atoms with Gasteiger partial charge in [-0.05, 0) is 43.9 Å². The number of carbonyl (C=O) groups is 2. The van der Waals surface area contributed by atoms with E-state index in [2.05, 4.69) is 10.3 Å². The molecule has 1 aromatic heterocycles. The number of aryl methyl sites for hydroxylation is 2. The molecule has 2 amide bonds. The molecule has 6 heteroatoms.